The van der Waals surface area contributed by atoms with Gasteiger partial charge in [-0.3, -0.25) is 0 Å². The number of anilines is 1. The van der Waals surface area contributed by atoms with Gasteiger partial charge in [0.2, 0.25) is 0 Å². The molecule has 110 valence electrons. The fourth-order valence-corrected chi connectivity index (χ4v) is 1.77. The van der Waals surface area contributed by atoms with Gasteiger partial charge in [-0.15, -0.1) is 0 Å². The molecule has 0 bridgehead atoms. The smallest absolute Gasteiger partial charge is 0.337 e. The number of halogens is 1. The molecule has 0 aliphatic rings. The number of aromatic carboxylic acids is 1. The first kappa shape index (κ1) is 16.3. The minimum Gasteiger partial charge on any atom is -0.478 e. The van der Waals surface area contributed by atoms with Crippen LogP contribution < -0.4 is 5.32 Å². The van der Waals surface area contributed by atoms with Crippen LogP contribution in [0.15, 0.2) is 18.2 Å². The van der Waals surface area contributed by atoms with Crippen LogP contribution in [0.4, 0.5) is 10.5 Å². The molecule has 0 fully saturated rings. The van der Waals surface area contributed by atoms with E-state index < -0.39 is 5.97 Å². The van der Waals surface area contributed by atoms with Gasteiger partial charge in [0, 0.05) is 25.9 Å². The topological polar surface area (TPSA) is 78.9 Å². The third kappa shape index (κ3) is 4.40. The second kappa shape index (κ2) is 7.72. The van der Waals surface area contributed by atoms with Crippen LogP contribution in [-0.4, -0.2) is 48.8 Å². The Labute approximate surface area is 122 Å². The van der Waals surface area contributed by atoms with Crippen molar-refractivity contribution in [2.75, 3.05) is 32.1 Å². The van der Waals surface area contributed by atoms with Crippen LogP contribution in [0.1, 0.15) is 17.3 Å². The summed E-state index contributed by atoms with van der Waals surface area (Å²) < 4.78 is 4.92. The van der Waals surface area contributed by atoms with Crippen molar-refractivity contribution in [3.8, 4) is 0 Å². The van der Waals surface area contributed by atoms with Crippen molar-refractivity contribution in [3.05, 3.63) is 28.8 Å². The van der Waals surface area contributed by atoms with Gasteiger partial charge < -0.3 is 20.1 Å². The van der Waals surface area contributed by atoms with E-state index in [-0.39, 0.29) is 16.6 Å². The molecule has 0 aliphatic heterocycles. The summed E-state index contributed by atoms with van der Waals surface area (Å²) in [6.45, 7) is 3.26. The van der Waals surface area contributed by atoms with Crippen molar-refractivity contribution in [2.24, 2.45) is 0 Å². The van der Waals surface area contributed by atoms with Crippen molar-refractivity contribution in [1.29, 1.82) is 0 Å². The Hall–Kier alpha value is -1.79. The number of ether oxygens (including phenoxy) is 1. The molecule has 2 amide bonds. The number of benzene rings is 1. The van der Waals surface area contributed by atoms with Crippen LogP contribution >= 0.6 is 11.6 Å². The van der Waals surface area contributed by atoms with Crippen LogP contribution in [0, 0.1) is 0 Å². The first-order valence-electron chi connectivity index (χ1n) is 6.07. The van der Waals surface area contributed by atoms with Gasteiger partial charge in [-0.25, -0.2) is 9.59 Å². The summed E-state index contributed by atoms with van der Waals surface area (Å²) in [5.41, 5.74) is 0.331. The lowest BCUT2D eigenvalue weighted by Crippen LogP contribution is -2.37. The van der Waals surface area contributed by atoms with E-state index in [9.17, 15) is 9.59 Å². The number of hydrogen-bond donors (Lipinski definition) is 2. The first-order valence-corrected chi connectivity index (χ1v) is 6.45. The summed E-state index contributed by atoms with van der Waals surface area (Å²) in [7, 11) is 1.56. The zero-order valence-corrected chi connectivity index (χ0v) is 12.1. The van der Waals surface area contributed by atoms with Crippen molar-refractivity contribution in [1.82, 2.24) is 4.90 Å². The molecule has 0 unspecified atom stereocenters. The fourth-order valence-electron chi connectivity index (χ4n) is 1.57. The first-order chi connectivity index (χ1) is 9.49. The highest BCUT2D eigenvalue weighted by Gasteiger charge is 2.14. The van der Waals surface area contributed by atoms with Gasteiger partial charge in [-0.2, -0.15) is 0 Å². The van der Waals surface area contributed by atoms with Gasteiger partial charge in [0.1, 0.15) is 0 Å². The maximum Gasteiger partial charge on any atom is 0.337 e. The van der Waals surface area contributed by atoms with Gasteiger partial charge in [0.05, 0.1) is 17.2 Å². The quantitative estimate of drug-likeness (QED) is 0.846. The molecule has 0 spiro atoms. The average Bonchev–Trinajstić information content (AvgIpc) is 2.41. The van der Waals surface area contributed by atoms with E-state index in [1.807, 2.05) is 6.92 Å². The Morgan fingerprint density at radius 1 is 1.45 bits per heavy atom. The number of nitrogens with zero attached hydrogens (tertiary/aromatic N) is 1. The number of urea groups is 1. The number of likely N-dealkylation sites (N-methyl/N-ethyl adjacent to an activating group) is 1. The number of rotatable bonds is 6. The molecule has 0 saturated carbocycles. The molecule has 20 heavy (non-hydrogen) atoms. The number of methoxy groups -OCH3 is 1. The number of carbonyl (C=O) groups excluding carboxylic acids is 1. The largest absolute Gasteiger partial charge is 0.478 e. The lowest BCUT2D eigenvalue weighted by atomic mass is 10.2. The minimum atomic E-state index is -1.14. The van der Waals surface area contributed by atoms with Crippen LogP contribution in [0.5, 0.6) is 0 Å². The molecule has 0 aromatic heterocycles. The maximum absolute atomic E-state index is 12.0. The average molecular weight is 301 g/mol. The van der Waals surface area contributed by atoms with Gasteiger partial charge >= 0.3 is 12.0 Å². The lowest BCUT2D eigenvalue weighted by molar-refractivity contribution is 0.0697. The molecule has 0 heterocycles. The molecule has 7 heteroatoms. The highest BCUT2D eigenvalue weighted by Crippen LogP contribution is 2.20. The molecule has 6 nitrogen and oxygen atoms in total. The van der Waals surface area contributed by atoms with Crippen LogP contribution in [0.3, 0.4) is 0 Å². The Balaban J connectivity index is 2.79. The molecule has 2 N–H and O–H groups in total. The molecule has 1 aromatic rings. The predicted octanol–water partition coefficient (Wildman–Crippen LogP) is 2.54. The van der Waals surface area contributed by atoms with E-state index in [4.69, 9.17) is 21.4 Å². The third-order valence-electron chi connectivity index (χ3n) is 2.68. The van der Waals surface area contributed by atoms with Crippen molar-refractivity contribution in [2.45, 2.75) is 6.92 Å². The zero-order chi connectivity index (χ0) is 15.1. The van der Waals surface area contributed by atoms with Crippen molar-refractivity contribution < 1.29 is 19.4 Å². The summed E-state index contributed by atoms with van der Waals surface area (Å²) in [4.78, 5) is 24.5. The van der Waals surface area contributed by atoms with E-state index in [1.54, 1.807) is 18.1 Å². The van der Waals surface area contributed by atoms with Crippen LogP contribution in [0.25, 0.3) is 0 Å². The highest BCUT2D eigenvalue weighted by molar-refractivity contribution is 6.33. The van der Waals surface area contributed by atoms with E-state index in [0.29, 0.717) is 25.4 Å². The van der Waals surface area contributed by atoms with Gasteiger partial charge in [0.15, 0.2) is 0 Å². The Morgan fingerprint density at radius 2 is 2.15 bits per heavy atom. The number of nitrogens with one attached hydrogen (secondary N) is 1. The van der Waals surface area contributed by atoms with Crippen LogP contribution in [0.2, 0.25) is 5.02 Å². The Bertz CT molecular complexity index is 493. The number of amides is 2. The second-order valence-electron chi connectivity index (χ2n) is 4.00. The van der Waals surface area contributed by atoms with Gasteiger partial charge in [-0.05, 0) is 25.1 Å². The van der Waals surface area contributed by atoms with Crippen molar-refractivity contribution in [3.63, 3.8) is 0 Å². The fraction of sp³-hybridized carbons (Fsp3) is 0.385. The maximum atomic E-state index is 12.0. The van der Waals surface area contributed by atoms with E-state index in [2.05, 4.69) is 5.32 Å². The molecule has 1 aromatic carbocycles. The molecule has 0 aliphatic carbocycles. The minimum absolute atomic E-state index is 0.0515. The van der Waals surface area contributed by atoms with E-state index in [0.717, 1.165) is 0 Å². The van der Waals surface area contributed by atoms with E-state index >= 15 is 0 Å². The monoisotopic (exact) mass is 300 g/mol. The summed E-state index contributed by atoms with van der Waals surface area (Å²) in [6, 6.07) is 4.00. The number of carboxylic acid groups (broad SMARTS) is 1. The summed E-state index contributed by atoms with van der Waals surface area (Å²) in [6.07, 6.45) is 0. The lowest BCUT2D eigenvalue weighted by Gasteiger charge is -2.21. The molecule has 0 radical (unpaired) electrons. The summed E-state index contributed by atoms with van der Waals surface area (Å²) in [5, 5.41) is 11.7. The zero-order valence-electron chi connectivity index (χ0n) is 11.4. The Morgan fingerprint density at radius 3 is 2.70 bits per heavy atom. The summed E-state index contributed by atoms with van der Waals surface area (Å²) >= 11 is 5.77. The molecular formula is C13H17ClN2O4. The molecule has 0 saturated heterocycles. The van der Waals surface area contributed by atoms with Gasteiger partial charge in [-0.1, -0.05) is 11.6 Å². The highest BCUT2D eigenvalue weighted by atomic mass is 35.5. The van der Waals surface area contributed by atoms with E-state index in [1.165, 1.54) is 12.1 Å². The van der Waals surface area contributed by atoms with Crippen molar-refractivity contribution >= 4 is 29.3 Å². The number of carboxylic acids is 1. The van der Waals surface area contributed by atoms with Crippen LogP contribution in [-0.2, 0) is 4.74 Å². The molecule has 1 rings (SSSR count). The van der Waals surface area contributed by atoms with Gasteiger partial charge in [0.25, 0.3) is 0 Å². The Kier molecular flexibility index (Phi) is 6.27. The molecule has 0 atom stereocenters. The summed E-state index contributed by atoms with van der Waals surface area (Å²) in [5.74, 6) is -1.14. The normalized spacial score (nSPS) is 10.2. The third-order valence-corrected chi connectivity index (χ3v) is 3.01. The second-order valence-corrected chi connectivity index (χ2v) is 4.41. The predicted molar refractivity (Wildman–Crippen MR) is 76.6 cm³/mol. The SMILES string of the molecule is CCN(CCOC)C(=O)Nc1ccc(Cl)c(C(=O)O)c1. The standard InChI is InChI=1S/C13H17ClN2O4/c1-3-16(6-7-20-2)13(19)15-9-4-5-11(14)10(8-9)12(17)18/h4-5,8H,3,6-7H2,1-2H3,(H,15,19)(H,17,18). The number of carbonyl (C=O) groups is 2. The molecular weight excluding hydrogens is 284 g/mol. The number of hydrogen-bond acceptors (Lipinski definition) is 3.